The number of hydrogen-bond donors (Lipinski definition) is 1. The minimum Gasteiger partial charge on any atom is -0.368 e. The van der Waals surface area contributed by atoms with Crippen molar-refractivity contribution in [1.82, 2.24) is 5.32 Å². The molecule has 0 heterocycles. The van der Waals surface area contributed by atoms with E-state index >= 15 is 0 Å². The van der Waals surface area contributed by atoms with Crippen LogP contribution in [0.25, 0.3) is 0 Å². The summed E-state index contributed by atoms with van der Waals surface area (Å²) in [5.41, 5.74) is 2.94. The largest absolute Gasteiger partial charge is 0.368 e. The number of nitrogens with one attached hydrogen (secondary N) is 1. The first kappa shape index (κ1) is 14.5. The maximum Gasteiger partial charge on any atom is 0.101 e. The maximum absolute atomic E-state index is 9.30. The van der Waals surface area contributed by atoms with Gasteiger partial charge in [0.15, 0.2) is 0 Å². The number of nitriles is 1. The van der Waals surface area contributed by atoms with Crippen LogP contribution in [-0.4, -0.2) is 19.6 Å². The van der Waals surface area contributed by atoms with Gasteiger partial charge in [-0.25, -0.2) is 0 Å². The molecule has 1 aromatic carbocycles. The topological polar surface area (TPSA) is 39.1 Å². The second-order valence-corrected chi connectivity index (χ2v) is 5.22. The van der Waals surface area contributed by atoms with E-state index in [-0.39, 0.29) is 5.54 Å². The number of anilines is 1. The van der Waals surface area contributed by atoms with Crippen molar-refractivity contribution in [2.45, 2.75) is 39.3 Å². The normalized spacial score (nSPS) is 11.1. The average Bonchev–Trinajstić information content (AvgIpc) is 2.38. The molecule has 0 fully saturated rings. The molecule has 98 valence electrons. The summed E-state index contributed by atoms with van der Waals surface area (Å²) in [4.78, 5) is 2.19. The van der Waals surface area contributed by atoms with Crippen LogP contribution in [0.4, 0.5) is 5.69 Å². The highest BCUT2D eigenvalue weighted by Gasteiger charge is 2.23. The fraction of sp³-hybridized carbons (Fsp3) is 0.533. The molecule has 3 nitrogen and oxygen atoms in total. The molecule has 18 heavy (non-hydrogen) atoms. The highest BCUT2D eigenvalue weighted by molar-refractivity contribution is 5.61. The SMILES string of the molecule is CCC(C)(C)N(C)c1ccc(CNC)cc1C#N. The zero-order valence-corrected chi connectivity index (χ0v) is 12.0. The van der Waals surface area contributed by atoms with Crippen LogP contribution in [0.3, 0.4) is 0 Å². The van der Waals surface area contributed by atoms with Crippen LogP contribution in [0.5, 0.6) is 0 Å². The molecule has 1 N–H and O–H groups in total. The highest BCUT2D eigenvalue weighted by atomic mass is 15.2. The predicted molar refractivity (Wildman–Crippen MR) is 76.7 cm³/mol. The van der Waals surface area contributed by atoms with E-state index in [1.54, 1.807) is 0 Å². The fourth-order valence-corrected chi connectivity index (χ4v) is 1.84. The molecular formula is C15H23N3. The van der Waals surface area contributed by atoms with Crippen LogP contribution in [0, 0.1) is 11.3 Å². The zero-order chi connectivity index (χ0) is 13.8. The van der Waals surface area contributed by atoms with Crippen LogP contribution >= 0.6 is 0 Å². The monoisotopic (exact) mass is 245 g/mol. The Morgan fingerprint density at radius 1 is 1.39 bits per heavy atom. The lowest BCUT2D eigenvalue weighted by Crippen LogP contribution is -2.40. The Morgan fingerprint density at radius 3 is 2.56 bits per heavy atom. The lowest BCUT2D eigenvalue weighted by Gasteiger charge is -2.37. The number of benzene rings is 1. The Bertz CT molecular complexity index is 444. The average molecular weight is 245 g/mol. The Morgan fingerprint density at radius 2 is 2.06 bits per heavy atom. The molecule has 0 amide bonds. The van der Waals surface area contributed by atoms with Gasteiger partial charge in [0.25, 0.3) is 0 Å². The van der Waals surface area contributed by atoms with E-state index in [0.717, 1.165) is 29.8 Å². The summed E-state index contributed by atoms with van der Waals surface area (Å²) in [5.74, 6) is 0. The molecule has 0 aliphatic heterocycles. The summed E-state index contributed by atoms with van der Waals surface area (Å²) in [6, 6.07) is 8.39. The van der Waals surface area contributed by atoms with Crippen LogP contribution in [0.1, 0.15) is 38.3 Å². The van der Waals surface area contributed by atoms with Crippen molar-refractivity contribution in [2.24, 2.45) is 0 Å². The van der Waals surface area contributed by atoms with Gasteiger partial charge in [0, 0.05) is 19.1 Å². The Labute approximate surface area is 110 Å². The van der Waals surface area contributed by atoms with Gasteiger partial charge < -0.3 is 10.2 Å². The molecule has 0 aromatic heterocycles. The molecule has 0 unspecified atom stereocenters. The molecule has 0 saturated carbocycles. The third kappa shape index (κ3) is 3.02. The molecular weight excluding hydrogens is 222 g/mol. The Kier molecular flexibility index (Phi) is 4.75. The minimum atomic E-state index is 0.0517. The summed E-state index contributed by atoms with van der Waals surface area (Å²) < 4.78 is 0. The van der Waals surface area contributed by atoms with Gasteiger partial charge in [-0.1, -0.05) is 13.0 Å². The molecule has 0 aliphatic rings. The Hall–Kier alpha value is -1.53. The summed E-state index contributed by atoms with van der Waals surface area (Å²) in [6.45, 7) is 7.33. The van der Waals surface area contributed by atoms with Crippen molar-refractivity contribution in [3.63, 3.8) is 0 Å². The second kappa shape index (κ2) is 5.88. The third-order valence-electron chi connectivity index (χ3n) is 3.70. The van der Waals surface area contributed by atoms with E-state index in [4.69, 9.17) is 0 Å². The third-order valence-corrected chi connectivity index (χ3v) is 3.70. The standard InChI is InChI=1S/C15H23N3/c1-6-15(2,3)18(5)14-8-7-12(11-17-4)9-13(14)10-16/h7-9,17H,6,11H2,1-5H3. The summed E-state index contributed by atoms with van der Waals surface area (Å²) in [7, 11) is 3.96. The van der Waals surface area contributed by atoms with E-state index < -0.39 is 0 Å². The fourth-order valence-electron chi connectivity index (χ4n) is 1.84. The van der Waals surface area contributed by atoms with Gasteiger partial charge in [-0.3, -0.25) is 0 Å². The first-order valence-corrected chi connectivity index (χ1v) is 6.37. The van der Waals surface area contributed by atoms with Crippen LogP contribution < -0.4 is 10.2 Å². The predicted octanol–water partition coefficient (Wildman–Crippen LogP) is 2.90. The summed E-state index contributed by atoms with van der Waals surface area (Å²) >= 11 is 0. The minimum absolute atomic E-state index is 0.0517. The van der Waals surface area contributed by atoms with E-state index in [0.29, 0.717) is 0 Å². The van der Waals surface area contributed by atoms with Crippen molar-refractivity contribution >= 4 is 5.69 Å². The van der Waals surface area contributed by atoms with Crippen molar-refractivity contribution in [2.75, 3.05) is 19.0 Å². The molecule has 0 atom stereocenters. The van der Waals surface area contributed by atoms with Gasteiger partial charge in [-0.15, -0.1) is 0 Å². The van der Waals surface area contributed by atoms with Crippen molar-refractivity contribution in [3.05, 3.63) is 29.3 Å². The summed E-state index contributed by atoms with van der Waals surface area (Å²) in [5, 5.41) is 12.4. The quantitative estimate of drug-likeness (QED) is 0.867. The van der Waals surface area contributed by atoms with E-state index in [2.05, 4.69) is 50.2 Å². The highest BCUT2D eigenvalue weighted by Crippen LogP contribution is 2.28. The smallest absolute Gasteiger partial charge is 0.101 e. The molecule has 0 radical (unpaired) electrons. The van der Waals surface area contributed by atoms with E-state index in [1.807, 2.05) is 19.2 Å². The second-order valence-electron chi connectivity index (χ2n) is 5.22. The van der Waals surface area contributed by atoms with Crippen LogP contribution in [0.2, 0.25) is 0 Å². The molecule has 3 heteroatoms. The first-order valence-electron chi connectivity index (χ1n) is 6.37. The van der Waals surface area contributed by atoms with Crippen molar-refractivity contribution < 1.29 is 0 Å². The van der Waals surface area contributed by atoms with Crippen molar-refractivity contribution in [1.29, 1.82) is 5.26 Å². The first-order chi connectivity index (χ1) is 8.46. The lowest BCUT2D eigenvalue weighted by atomic mass is 9.97. The van der Waals surface area contributed by atoms with Crippen LogP contribution in [-0.2, 0) is 6.54 Å². The molecule has 1 rings (SSSR count). The van der Waals surface area contributed by atoms with Gasteiger partial charge in [-0.2, -0.15) is 5.26 Å². The molecule has 0 bridgehead atoms. The lowest BCUT2D eigenvalue weighted by molar-refractivity contribution is 0.470. The molecule has 0 spiro atoms. The number of hydrogen-bond acceptors (Lipinski definition) is 3. The molecule has 0 aliphatic carbocycles. The number of rotatable bonds is 5. The van der Waals surface area contributed by atoms with Gasteiger partial charge in [-0.05, 0) is 45.0 Å². The van der Waals surface area contributed by atoms with E-state index in [9.17, 15) is 5.26 Å². The Balaban J connectivity index is 3.14. The molecule has 1 aromatic rings. The van der Waals surface area contributed by atoms with Crippen molar-refractivity contribution in [3.8, 4) is 6.07 Å². The number of nitrogens with zero attached hydrogens (tertiary/aromatic N) is 2. The van der Waals surface area contributed by atoms with Crippen LogP contribution in [0.15, 0.2) is 18.2 Å². The van der Waals surface area contributed by atoms with E-state index in [1.165, 1.54) is 0 Å². The van der Waals surface area contributed by atoms with Gasteiger partial charge in [0.05, 0.1) is 11.3 Å². The summed E-state index contributed by atoms with van der Waals surface area (Å²) in [6.07, 6.45) is 1.03. The van der Waals surface area contributed by atoms with Gasteiger partial charge in [0.1, 0.15) is 6.07 Å². The molecule has 0 saturated heterocycles. The maximum atomic E-state index is 9.30. The van der Waals surface area contributed by atoms with Gasteiger partial charge in [0.2, 0.25) is 0 Å². The zero-order valence-electron chi connectivity index (χ0n) is 12.0. The van der Waals surface area contributed by atoms with Gasteiger partial charge >= 0.3 is 0 Å².